The zero-order chi connectivity index (χ0) is 23.8. The zero-order valence-corrected chi connectivity index (χ0v) is 22.0. The summed E-state index contributed by atoms with van der Waals surface area (Å²) in [5.74, 6) is -0.131. The lowest BCUT2D eigenvalue weighted by Gasteiger charge is -2.39. The average molecular weight is 462 g/mol. The number of unbranched alkanes of at least 4 members (excludes halogenated alkanes) is 2. The molecule has 0 aliphatic carbocycles. The largest absolute Gasteiger partial charge is 0.447 e. The average Bonchev–Trinajstić information content (AvgIpc) is 3.07. The van der Waals surface area contributed by atoms with E-state index in [1.54, 1.807) is 0 Å². The van der Waals surface area contributed by atoms with E-state index in [4.69, 9.17) is 9.16 Å². The van der Waals surface area contributed by atoms with Crippen LogP contribution >= 0.6 is 0 Å². The summed E-state index contributed by atoms with van der Waals surface area (Å²) in [5.41, 5.74) is 1.10. The molecule has 1 saturated heterocycles. The molecule has 0 saturated carbocycles. The molecule has 32 heavy (non-hydrogen) atoms. The molecule has 1 fully saturated rings. The molecule has 1 aromatic rings. The second-order valence-electron chi connectivity index (χ2n) is 10.6. The molecule has 180 valence electrons. The number of carbonyl (C=O) groups excluding carboxylic acids is 2. The minimum absolute atomic E-state index is 0.131. The van der Waals surface area contributed by atoms with Crippen LogP contribution in [0.25, 0.3) is 0 Å². The van der Waals surface area contributed by atoms with Gasteiger partial charge in [-0.05, 0) is 49.4 Å². The Morgan fingerprint density at radius 3 is 2.44 bits per heavy atom. The third kappa shape index (κ3) is 7.73. The topological polar surface area (TPSA) is 55.8 Å². The molecule has 0 N–H and O–H groups in total. The van der Waals surface area contributed by atoms with Gasteiger partial charge in [-0.3, -0.25) is 4.79 Å². The number of rotatable bonds is 12. The van der Waals surface area contributed by atoms with Crippen molar-refractivity contribution in [1.29, 1.82) is 0 Å². The summed E-state index contributed by atoms with van der Waals surface area (Å²) in [7, 11) is -1.87. The minimum Gasteiger partial charge on any atom is -0.447 e. The van der Waals surface area contributed by atoms with Crippen LogP contribution < -0.4 is 0 Å². The highest BCUT2D eigenvalue weighted by atomic mass is 28.4. The number of hydrogen-bond acceptors (Lipinski definition) is 4. The quantitative estimate of drug-likeness (QED) is 0.256. The van der Waals surface area contributed by atoms with E-state index in [0.29, 0.717) is 12.8 Å². The molecule has 1 heterocycles. The van der Waals surface area contributed by atoms with Crippen molar-refractivity contribution in [3.05, 3.63) is 35.9 Å². The Morgan fingerprint density at radius 2 is 1.81 bits per heavy atom. The number of nitrogens with zero attached hydrogens (tertiary/aromatic N) is 1. The second-order valence-corrected chi connectivity index (χ2v) is 15.3. The molecular weight excluding hydrogens is 418 g/mol. The van der Waals surface area contributed by atoms with Gasteiger partial charge >= 0.3 is 6.09 Å². The Labute approximate surface area is 196 Å². The van der Waals surface area contributed by atoms with Crippen LogP contribution in [0.3, 0.4) is 0 Å². The first-order chi connectivity index (χ1) is 15.0. The van der Waals surface area contributed by atoms with Gasteiger partial charge < -0.3 is 9.16 Å². The van der Waals surface area contributed by atoms with Crippen LogP contribution in [0, 0.1) is 0 Å². The fraction of sp³-hybridized carbons (Fsp3) is 0.692. The molecule has 0 unspecified atom stereocenters. The van der Waals surface area contributed by atoms with Crippen LogP contribution in [-0.4, -0.2) is 44.0 Å². The van der Waals surface area contributed by atoms with Gasteiger partial charge in [0.2, 0.25) is 5.91 Å². The van der Waals surface area contributed by atoms with E-state index in [9.17, 15) is 9.59 Å². The van der Waals surface area contributed by atoms with E-state index < -0.39 is 14.4 Å². The smallest absolute Gasteiger partial charge is 0.416 e. The van der Waals surface area contributed by atoms with Gasteiger partial charge in [0.15, 0.2) is 8.32 Å². The zero-order valence-electron chi connectivity index (χ0n) is 21.0. The summed E-state index contributed by atoms with van der Waals surface area (Å²) in [5, 5.41) is 0.162. The van der Waals surface area contributed by atoms with Gasteiger partial charge in [-0.1, -0.05) is 77.3 Å². The predicted molar refractivity (Wildman–Crippen MR) is 132 cm³/mol. The van der Waals surface area contributed by atoms with Crippen LogP contribution in [-0.2, 0) is 20.4 Å². The normalized spacial score (nSPS) is 18.0. The fourth-order valence-electron chi connectivity index (χ4n) is 3.88. The summed E-state index contributed by atoms with van der Waals surface area (Å²) in [4.78, 5) is 26.5. The highest BCUT2D eigenvalue weighted by Gasteiger charge is 2.40. The number of carbonyl (C=O) groups is 2. The maximum absolute atomic E-state index is 12.9. The van der Waals surface area contributed by atoms with Gasteiger partial charge in [-0.15, -0.1) is 0 Å². The summed E-state index contributed by atoms with van der Waals surface area (Å²) in [6.07, 6.45) is 6.83. The highest BCUT2D eigenvalue weighted by Crippen LogP contribution is 2.38. The Balaban J connectivity index is 1.93. The molecule has 2 rings (SSSR count). The molecule has 6 heteroatoms. The third-order valence-corrected chi connectivity index (χ3v) is 11.4. The van der Waals surface area contributed by atoms with Gasteiger partial charge in [-0.25, -0.2) is 9.69 Å². The van der Waals surface area contributed by atoms with E-state index in [1.807, 2.05) is 30.3 Å². The monoisotopic (exact) mass is 461 g/mol. The molecule has 0 spiro atoms. The second kappa shape index (κ2) is 12.0. The summed E-state index contributed by atoms with van der Waals surface area (Å²) >= 11 is 0. The predicted octanol–water partition coefficient (Wildman–Crippen LogP) is 6.72. The molecule has 2 atom stereocenters. The van der Waals surface area contributed by atoms with E-state index in [1.165, 1.54) is 17.7 Å². The molecule has 1 aromatic carbocycles. The number of amides is 2. The van der Waals surface area contributed by atoms with Crippen LogP contribution in [0.15, 0.2) is 30.3 Å². The van der Waals surface area contributed by atoms with Gasteiger partial charge in [-0.2, -0.15) is 0 Å². The van der Waals surface area contributed by atoms with Crippen LogP contribution in [0.1, 0.15) is 78.2 Å². The van der Waals surface area contributed by atoms with Crippen LogP contribution in [0.5, 0.6) is 0 Å². The highest BCUT2D eigenvalue weighted by molar-refractivity contribution is 6.74. The minimum atomic E-state index is -1.87. The Kier molecular flexibility index (Phi) is 9.96. The van der Waals surface area contributed by atoms with E-state index in [-0.39, 0.29) is 29.7 Å². The lowest BCUT2D eigenvalue weighted by Crippen LogP contribution is -2.44. The summed E-state index contributed by atoms with van der Waals surface area (Å²) < 4.78 is 11.9. The molecular formula is C26H43NO4Si. The first kappa shape index (κ1) is 26.6. The van der Waals surface area contributed by atoms with Crippen LogP contribution in [0.2, 0.25) is 18.1 Å². The number of benzene rings is 1. The first-order valence-electron chi connectivity index (χ1n) is 12.3. The van der Waals surface area contributed by atoms with E-state index in [2.05, 4.69) is 40.8 Å². The summed E-state index contributed by atoms with van der Waals surface area (Å²) in [6, 6.07) is 9.72. The maximum atomic E-state index is 12.9. The Bertz CT molecular complexity index is 729. The number of cyclic esters (lactones) is 1. The SMILES string of the molecule is CCCCC[C@H](CCCC(=O)N1C(=O)OC[C@@H]1Cc1ccccc1)O[Si](C)(C)C(C)(C)C. The molecule has 1 aliphatic rings. The Hall–Kier alpha value is -1.66. The molecule has 2 amide bonds. The Morgan fingerprint density at radius 1 is 1.16 bits per heavy atom. The molecule has 1 aliphatic heterocycles. The molecule has 0 radical (unpaired) electrons. The van der Waals surface area contributed by atoms with Crippen molar-refractivity contribution in [1.82, 2.24) is 4.90 Å². The maximum Gasteiger partial charge on any atom is 0.416 e. The van der Waals surface area contributed by atoms with Crippen molar-refractivity contribution in [2.45, 2.75) is 109 Å². The number of imide groups is 1. The molecule has 0 bridgehead atoms. The molecule has 5 nitrogen and oxygen atoms in total. The van der Waals surface area contributed by atoms with Crippen molar-refractivity contribution >= 4 is 20.3 Å². The van der Waals surface area contributed by atoms with Crippen molar-refractivity contribution in [2.24, 2.45) is 0 Å². The third-order valence-electron chi connectivity index (χ3n) is 6.86. The lowest BCUT2D eigenvalue weighted by molar-refractivity contribution is -0.129. The fourth-order valence-corrected chi connectivity index (χ4v) is 5.30. The van der Waals surface area contributed by atoms with Crippen molar-refractivity contribution in [3.8, 4) is 0 Å². The van der Waals surface area contributed by atoms with Gasteiger partial charge in [0.25, 0.3) is 0 Å². The first-order valence-corrected chi connectivity index (χ1v) is 15.2. The van der Waals surface area contributed by atoms with Crippen molar-refractivity contribution < 1.29 is 18.8 Å². The van der Waals surface area contributed by atoms with Crippen molar-refractivity contribution in [2.75, 3.05) is 6.61 Å². The molecule has 0 aromatic heterocycles. The van der Waals surface area contributed by atoms with E-state index in [0.717, 1.165) is 31.2 Å². The lowest BCUT2D eigenvalue weighted by atomic mass is 10.0. The summed E-state index contributed by atoms with van der Waals surface area (Å²) in [6.45, 7) is 13.9. The van der Waals surface area contributed by atoms with Gasteiger partial charge in [0, 0.05) is 12.5 Å². The van der Waals surface area contributed by atoms with Crippen molar-refractivity contribution in [3.63, 3.8) is 0 Å². The van der Waals surface area contributed by atoms with E-state index >= 15 is 0 Å². The standard InChI is InChI=1S/C26H43NO4Si/c1-7-8-10-16-23(31-32(5,6)26(2,3)4)17-13-18-24(28)27-22(20-30-25(27)29)19-21-14-11-9-12-15-21/h9,11-12,14-15,22-23H,7-8,10,13,16-20H2,1-6H3/t22-,23+/m0/s1. The van der Waals surface area contributed by atoms with Crippen LogP contribution in [0.4, 0.5) is 4.79 Å². The van der Waals surface area contributed by atoms with Gasteiger partial charge in [0.05, 0.1) is 6.04 Å². The number of hydrogen-bond donors (Lipinski definition) is 0. The number of ether oxygens (including phenoxy) is 1. The van der Waals surface area contributed by atoms with Gasteiger partial charge in [0.1, 0.15) is 6.61 Å².